The zero-order valence-corrected chi connectivity index (χ0v) is 13.3. The highest BCUT2D eigenvalue weighted by Gasteiger charge is 2.22. The van der Waals surface area contributed by atoms with Crippen LogP contribution in [0.3, 0.4) is 0 Å². The van der Waals surface area contributed by atoms with E-state index in [-0.39, 0.29) is 0 Å². The van der Waals surface area contributed by atoms with Crippen molar-refractivity contribution in [2.75, 3.05) is 0 Å². The Morgan fingerprint density at radius 3 is 2.58 bits per heavy atom. The number of hydrogen-bond donors (Lipinski definition) is 0. The third kappa shape index (κ3) is 2.70. The minimum Gasteiger partial charge on any atom is -0.422 e. The van der Waals surface area contributed by atoms with Crippen LogP contribution in [0.2, 0.25) is 5.15 Å². The maximum absolute atomic E-state index is 12.1. The summed E-state index contributed by atoms with van der Waals surface area (Å²) in [6.07, 6.45) is 3.43. The van der Waals surface area contributed by atoms with E-state index < -0.39 is 5.97 Å². The molecule has 0 saturated carbocycles. The van der Waals surface area contributed by atoms with E-state index in [2.05, 4.69) is 4.98 Å². The lowest BCUT2D eigenvalue weighted by Crippen LogP contribution is -1.97. The second-order valence-electron chi connectivity index (χ2n) is 5.42. The molecule has 0 saturated heterocycles. The zero-order chi connectivity index (χ0) is 16.5. The summed E-state index contributed by atoms with van der Waals surface area (Å²) < 4.78 is 5.35. The van der Waals surface area contributed by atoms with Crippen LogP contribution in [-0.2, 0) is 9.53 Å². The molecule has 1 aliphatic rings. The van der Waals surface area contributed by atoms with Crippen molar-refractivity contribution in [3.05, 3.63) is 88.6 Å². The van der Waals surface area contributed by atoms with Gasteiger partial charge in [-0.25, -0.2) is 9.78 Å². The van der Waals surface area contributed by atoms with E-state index in [1.54, 1.807) is 12.2 Å². The van der Waals surface area contributed by atoms with Crippen molar-refractivity contribution in [1.29, 1.82) is 0 Å². The van der Waals surface area contributed by atoms with Gasteiger partial charge in [-0.1, -0.05) is 60.1 Å². The van der Waals surface area contributed by atoms with Crippen LogP contribution in [0, 0.1) is 0 Å². The number of halogens is 1. The fraction of sp³-hybridized carbons (Fsp3) is 0. The van der Waals surface area contributed by atoms with Gasteiger partial charge in [-0.3, -0.25) is 0 Å². The molecule has 4 rings (SSSR count). The first-order valence-electron chi connectivity index (χ1n) is 7.47. The third-order valence-corrected chi connectivity index (χ3v) is 4.10. The van der Waals surface area contributed by atoms with Gasteiger partial charge in [0, 0.05) is 16.5 Å². The van der Waals surface area contributed by atoms with Crippen LogP contribution in [0.4, 0.5) is 0 Å². The van der Waals surface area contributed by atoms with Gasteiger partial charge in [-0.15, -0.1) is 0 Å². The van der Waals surface area contributed by atoms with Gasteiger partial charge in [0.15, 0.2) is 0 Å². The molecule has 0 aliphatic carbocycles. The average Bonchev–Trinajstić information content (AvgIpc) is 2.97. The summed E-state index contributed by atoms with van der Waals surface area (Å²) in [6, 6.07) is 19.1. The van der Waals surface area contributed by atoms with E-state index in [0.29, 0.717) is 22.0 Å². The predicted octanol–water partition coefficient (Wildman–Crippen LogP) is 4.87. The molecule has 24 heavy (non-hydrogen) atoms. The van der Waals surface area contributed by atoms with Gasteiger partial charge in [-0.05, 0) is 24.3 Å². The number of pyridine rings is 1. The quantitative estimate of drug-likeness (QED) is 0.381. The van der Waals surface area contributed by atoms with Gasteiger partial charge in [0.25, 0.3) is 0 Å². The number of carbonyl (C=O) groups excluding carboxylic acids is 1. The maximum atomic E-state index is 12.1. The Hall–Kier alpha value is -2.91. The van der Waals surface area contributed by atoms with Crippen LogP contribution in [0.5, 0.6) is 0 Å². The smallest absolute Gasteiger partial charge is 0.343 e. The van der Waals surface area contributed by atoms with E-state index in [1.165, 1.54) is 0 Å². The van der Waals surface area contributed by atoms with Crippen molar-refractivity contribution in [3.8, 4) is 0 Å². The topological polar surface area (TPSA) is 39.2 Å². The first-order chi connectivity index (χ1) is 11.7. The van der Waals surface area contributed by atoms with Crippen LogP contribution in [0.25, 0.3) is 22.7 Å². The molecule has 116 valence electrons. The van der Waals surface area contributed by atoms with E-state index in [9.17, 15) is 4.79 Å². The Kier molecular flexibility index (Phi) is 3.63. The summed E-state index contributed by atoms with van der Waals surface area (Å²) in [5, 5.41) is 1.32. The van der Waals surface area contributed by atoms with Crippen molar-refractivity contribution in [1.82, 2.24) is 4.98 Å². The molecule has 0 spiro atoms. The number of rotatable bonds is 2. The Morgan fingerprint density at radius 2 is 1.75 bits per heavy atom. The second-order valence-corrected chi connectivity index (χ2v) is 5.78. The highest BCUT2D eigenvalue weighted by molar-refractivity contribution is 6.31. The number of benzene rings is 2. The lowest BCUT2D eigenvalue weighted by Gasteiger charge is -2.02. The molecule has 0 N–H and O–H groups in total. The minimum atomic E-state index is -0.391. The number of hydrogen-bond acceptors (Lipinski definition) is 3. The minimum absolute atomic E-state index is 0.357. The number of esters is 1. The summed E-state index contributed by atoms with van der Waals surface area (Å²) in [5.74, 6) is 0.148. The van der Waals surface area contributed by atoms with Gasteiger partial charge in [0.05, 0.1) is 11.1 Å². The molecule has 2 aromatic carbocycles. The third-order valence-electron chi connectivity index (χ3n) is 3.80. The van der Waals surface area contributed by atoms with Crippen molar-refractivity contribution in [2.24, 2.45) is 0 Å². The fourth-order valence-electron chi connectivity index (χ4n) is 2.61. The zero-order valence-electron chi connectivity index (χ0n) is 12.6. The van der Waals surface area contributed by atoms with Crippen molar-refractivity contribution >= 4 is 40.3 Å². The first-order valence-corrected chi connectivity index (χ1v) is 7.85. The van der Waals surface area contributed by atoms with E-state index in [1.807, 2.05) is 60.7 Å². The molecular formula is C20H12ClNO2. The van der Waals surface area contributed by atoms with Crippen LogP contribution in [0.15, 0.2) is 72.3 Å². The van der Waals surface area contributed by atoms with Gasteiger partial charge >= 0.3 is 5.97 Å². The normalized spacial score (nSPS) is 15.6. The number of nitrogens with zero attached hydrogens (tertiary/aromatic N) is 1. The van der Waals surface area contributed by atoms with E-state index in [0.717, 1.165) is 16.5 Å². The molecule has 4 heteroatoms. The van der Waals surface area contributed by atoms with E-state index >= 15 is 0 Å². The standard InChI is InChI=1S/C20H12ClNO2/c21-19-15(10-14-8-4-5-9-17(14)22-19)11-16-12-18(24-20(16)23)13-6-2-1-3-7-13/h1-12H/b16-11-. The van der Waals surface area contributed by atoms with Crippen LogP contribution in [0.1, 0.15) is 11.1 Å². The monoisotopic (exact) mass is 333 g/mol. The summed E-state index contributed by atoms with van der Waals surface area (Å²) in [7, 11) is 0. The largest absolute Gasteiger partial charge is 0.422 e. The lowest BCUT2D eigenvalue weighted by molar-refractivity contribution is -0.130. The molecule has 1 aromatic heterocycles. The molecule has 0 atom stereocenters. The van der Waals surface area contributed by atoms with Gasteiger partial charge < -0.3 is 4.74 Å². The number of cyclic esters (lactones) is 1. The molecule has 2 heterocycles. The molecule has 3 nitrogen and oxygen atoms in total. The van der Waals surface area contributed by atoms with Gasteiger partial charge in [0.1, 0.15) is 10.9 Å². The average molecular weight is 334 g/mol. The molecule has 0 amide bonds. The molecule has 0 fully saturated rings. The van der Waals surface area contributed by atoms with Crippen molar-refractivity contribution < 1.29 is 9.53 Å². The Morgan fingerprint density at radius 1 is 1.00 bits per heavy atom. The molecular weight excluding hydrogens is 322 g/mol. The highest BCUT2D eigenvalue weighted by atomic mass is 35.5. The van der Waals surface area contributed by atoms with Crippen molar-refractivity contribution in [2.45, 2.75) is 0 Å². The van der Waals surface area contributed by atoms with Crippen LogP contribution in [-0.4, -0.2) is 11.0 Å². The van der Waals surface area contributed by atoms with Crippen LogP contribution < -0.4 is 0 Å². The van der Waals surface area contributed by atoms with Crippen molar-refractivity contribution in [3.63, 3.8) is 0 Å². The second kappa shape index (κ2) is 5.95. The highest BCUT2D eigenvalue weighted by Crippen LogP contribution is 2.29. The summed E-state index contributed by atoms with van der Waals surface area (Å²) in [5.41, 5.74) is 2.82. The molecule has 0 radical (unpaired) electrons. The molecule has 0 unspecified atom stereocenters. The summed E-state index contributed by atoms with van der Waals surface area (Å²) >= 11 is 6.25. The number of para-hydroxylation sites is 1. The fourth-order valence-corrected chi connectivity index (χ4v) is 2.81. The first kappa shape index (κ1) is 14.7. The van der Waals surface area contributed by atoms with Gasteiger partial charge in [-0.2, -0.15) is 0 Å². The maximum Gasteiger partial charge on any atom is 0.343 e. The molecule has 3 aromatic rings. The summed E-state index contributed by atoms with van der Waals surface area (Å²) in [6.45, 7) is 0. The van der Waals surface area contributed by atoms with Gasteiger partial charge in [0.2, 0.25) is 0 Å². The van der Waals surface area contributed by atoms with Crippen LogP contribution >= 0.6 is 11.6 Å². The number of ether oxygens (including phenoxy) is 1. The summed E-state index contributed by atoms with van der Waals surface area (Å²) in [4.78, 5) is 16.5. The number of carbonyl (C=O) groups is 1. The molecule has 0 bridgehead atoms. The Bertz CT molecular complexity index is 1010. The Labute approximate surface area is 143 Å². The Balaban J connectivity index is 1.77. The molecule has 1 aliphatic heterocycles. The number of aromatic nitrogens is 1. The predicted molar refractivity (Wildman–Crippen MR) is 95.2 cm³/mol. The van der Waals surface area contributed by atoms with E-state index in [4.69, 9.17) is 16.3 Å². The number of fused-ring (bicyclic) bond motifs is 1. The SMILES string of the molecule is O=C1OC(c2ccccc2)=C/C1=C/c1cc2ccccc2nc1Cl. The lowest BCUT2D eigenvalue weighted by atomic mass is 10.1.